The second-order valence-electron chi connectivity index (χ2n) is 4.35. The minimum Gasteiger partial charge on any atom is -0.496 e. The van der Waals surface area contributed by atoms with Gasteiger partial charge in [-0.1, -0.05) is 18.2 Å². The molecule has 107 valence electrons. The molecule has 1 aromatic carbocycles. The molecule has 0 saturated heterocycles. The lowest BCUT2D eigenvalue weighted by Crippen LogP contribution is -2.17. The molecule has 1 radical (unpaired) electrons. The Hall–Kier alpha value is -1.91. The molecule has 0 atom stereocenters. The lowest BCUT2D eigenvalue weighted by atomic mass is 9.92. The maximum atomic E-state index is 12.1. The first kappa shape index (κ1) is 14.5. The average Bonchev–Trinajstić information content (AvgIpc) is 2.37. The smallest absolute Gasteiger partial charge is 0.496 e. The van der Waals surface area contributed by atoms with E-state index in [0.29, 0.717) is 0 Å². The van der Waals surface area contributed by atoms with E-state index in [1.807, 2.05) is 19.4 Å². The van der Waals surface area contributed by atoms with Gasteiger partial charge in [0.2, 0.25) is 0 Å². The van der Waals surface area contributed by atoms with Gasteiger partial charge in [-0.25, -0.2) is 0 Å². The molecule has 0 heterocycles. The van der Waals surface area contributed by atoms with Crippen LogP contribution in [0, 0.1) is 6.42 Å². The molecule has 0 unspecified atom stereocenters. The largest absolute Gasteiger partial charge is 0.573 e. The van der Waals surface area contributed by atoms with E-state index in [9.17, 15) is 13.2 Å². The number of rotatable bonds is 3. The van der Waals surface area contributed by atoms with Gasteiger partial charge in [-0.2, -0.15) is 0 Å². The van der Waals surface area contributed by atoms with Crippen LogP contribution in [0.2, 0.25) is 0 Å². The second-order valence-corrected chi connectivity index (χ2v) is 4.35. The molecule has 0 fully saturated rings. The molecule has 0 spiro atoms. The summed E-state index contributed by atoms with van der Waals surface area (Å²) in [6, 6.07) is 5.77. The quantitative estimate of drug-likeness (QED) is 0.813. The van der Waals surface area contributed by atoms with Crippen LogP contribution in [0.5, 0.6) is 5.75 Å². The van der Waals surface area contributed by atoms with Crippen molar-refractivity contribution in [1.29, 1.82) is 0 Å². The van der Waals surface area contributed by atoms with Crippen LogP contribution in [-0.4, -0.2) is 13.5 Å². The molecule has 2 nitrogen and oxygen atoms in total. The highest BCUT2D eigenvalue weighted by molar-refractivity contribution is 5.78. The molecule has 0 amide bonds. The number of halogens is 3. The van der Waals surface area contributed by atoms with Gasteiger partial charge in [-0.3, -0.25) is 0 Å². The monoisotopic (exact) mass is 283 g/mol. The summed E-state index contributed by atoms with van der Waals surface area (Å²) in [6.07, 6.45) is 0.110. The van der Waals surface area contributed by atoms with Crippen molar-refractivity contribution in [2.75, 3.05) is 7.11 Å². The fourth-order valence-corrected chi connectivity index (χ4v) is 2.11. The van der Waals surface area contributed by atoms with E-state index in [2.05, 4.69) is 4.74 Å². The van der Waals surface area contributed by atoms with Gasteiger partial charge in [0.1, 0.15) is 11.5 Å². The standard InChI is InChI=1S/C15H14F3O2/c1-10-4-3-5-13(14(10)19-2)11-6-8-12(9-7-11)20-15(16,17)18/h4-9H,3H2,1-2H3. The molecule has 0 bridgehead atoms. The fourth-order valence-electron chi connectivity index (χ4n) is 2.11. The number of methoxy groups -OCH3 is 1. The molecule has 1 aromatic rings. The molecule has 1 aliphatic carbocycles. The Bertz CT molecular complexity index is 539. The third-order valence-corrected chi connectivity index (χ3v) is 2.95. The molecule has 0 aliphatic heterocycles. The predicted octanol–water partition coefficient (Wildman–Crippen LogP) is 4.50. The van der Waals surface area contributed by atoms with Crippen molar-refractivity contribution in [3.8, 4) is 5.75 Å². The molecule has 0 aromatic heterocycles. The first-order valence-electron chi connectivity index (χ1n) is 6.05. The Morgan fingerprint density at radius 1 is 1.10 bits per heavy atom. The summed E-state index contributed by atoms with van der Waals surface area (Å²) in [5, 5.41) is 0. The Morgan fingerprint density at radius 3 is 2.30 bits per heavy atom. The van der Waals surface area contributed by atoms with Crippen LogP contribution in [0.25, 0.3) is 5.57 Å². The van der Waals surface area contributed by atoms with Crippen LogP contribution in [-0.2, 0) is 4.74 Å². The Balaban J connectivity index is 2.28. The van der Waals surface area contributed by atoms with Crippen molar-refractivity contribution in [1.82, 2.24) is 0 Å². The topological polar surface area (TPSA) is 18.5 Å². The third kappa shape index (κ3) is 3.35. The molecule has 2 rings (SSSR count). The van der Waals surface area contributed by atoms with Crippen LogP contribution in [0.3, 0.4) is 0 Å². The maximum absolute atomic E-state index is 12.1. The van der Waals surface area contributed by atoms with Crippen LogP contribution in [0.1, 0.15) is 18.9 Å². The summed E-state index contributed by atoms with van der Waals surface area (Å²) in [4.78, 5) is 0. The summed E-state index contributed by atoms with van der Waals surface area (Å²) in [5.74, 6) is 0.504. The maximum Gasteiger partial charge on any atom is 0.573 e. The van der Waals surface area contributed by atoms with Crippen molar-refractivity contribution >= 4 is 5.57 Å². The lowest BCUT2D eigenvalue weighted by Gasteiger charge is -2.19. The highest BCUT2D eigenvalue weighted by Crippen LogP contribution is 2.33. The van der Waals surface area contributed by atoms with Gasteiger partial charge >= 0.3 is 6.36 Å². The van der Waals surface area contributed by atoms with Crippen LogP contribution in [0.15, 0.2) is 41.7 Å². The lowest BCUT2D eigenvalue weighted by molar-refractivity contribution is -0.274. The zero-order chi connectivity index (χ0) is 14.8. The zero-order valence-electron chi connectivity index (χ0n) is 11.1. The number of allylic oxidation sites excluding steroid dienone is 3. The highest BCUT2D eigenvalue weighted by atomic mass is 19.4. The van der Waals surface area contributed by atoms with Gasteiger partial charge < -0.3 is 9.47 Å². The average molecular weight is 283 g/mol. The van der Waals surface area contributed by atoms with Crippen molar-refractivity contribution < 1.29 is 22.6 Å². The molecule has 0 saturated carbocycles. The first-order chi connectivity index (χ1) is 9.40. The summed E-state index contributed by atoms with van der Waals surface area (Å²) in [5.41, 5.74) is 2.69. The van der Waals surface area contributed by atoms with Gasteiger partial charge in [0.25, 0.3) is 0 Å². The van der Waals surface area contributed by atoms with Crippen LogP contribution < -0.4 is 4.74 Å². The van der Waals surface area contributed by atoms with Crippen LogP contribution >= 0.6 is 0 Å². The summed E-state index contributed by atoms with van der Waals surface area (Å²) in [6.45, 7) is 1.94. The number of benzene rings is 1. The van der Waals surface area contributed by atoms with Crippen molar-refractivity contribution in [3.05, 3.63) is 53.7 Å². The minimum atomic E-state index is -4.67. The number of alkyl halides is 3. The third-order valence-electron chi connectivity index (χ3n) is 2.95. The summed E-state index contributed by atoms with van der Waals surface area (Å²) >= 11 is 0. The zero-order valence-corrected chi connectivity index (χ0v) is 11.1. The fraction of sp³-hybridized carbons (Fsp3) is 0.267. The normalized spacial score (nSPS) is 15.9. The second kappa shape index (κ2) is 5.61. The van der Waals surface area contributed by atoms with E-state index in [-0.39, 0.29) is 5.75 Å². The van der Waals surface area contributed by atoms with Crippen molar-refractivity contribution in [2.24, 2.45) is 0 Å². The number of ether oxygens (including phenoxy) is 2. The highest BCUT2D eigenvalue weighted by Gasteiger charge is 2.31. The molecule has 5 heteroatoms. The molecular weight excluding hydrogens is 269 g/mol. The van der Waals surface area contributed by atoms with E-state index in [0.717, 1.165) is 28.9 Å². The van der Waals surface area contributed by atoms with Gasteiger partial charge in [0.15, 0.2) is 0 Å². The SMILES string of the molecule is COC1=C(c2ccc(OC(F)(F)F)cc2)[CH]CC=C1C. The minimum absolute atomic E-state index is 0.233. The number of hydrogen-bond donors (Lipinski definition) is 0. The van der Waals surface area contributed by atoms with Gasteiger partial charge in [0, 0.05) is 5.57 Å². The first-order valence-corrected chi connectivity index (χ1v) is 6.05. The van der Waals surface area contributed by atoms with E-state index < -0.39 is 6.36 Å². The van der Waals surface area contributed by atoms with E-state index in [4.69, 9.17) is 4.74 Å². The van der Waals surface area contributed by atoms with Crippen LogP contribution in [0.4, 0.5) is 13.2 Å². The van der Waals surface area contributed by atoms with E-state index >= 15 is 0 Å². The molecule has 20 heavy (non-hydrogen) atoms. The molecular formula is C15H14F3O2. The Labute approximate surface area is 115 Å². The van der Waals surface area contributed by atoms with E-state index in [1.165, 1.54) is 12.1 Å². The predicted molar refractivity (Wildman–Crippen MR) is 69.7 cm³/mol. The number of hydrogen-bond acceptors (Lipinski definition) is 2. The van der Waals surface area contributed by atoms with Crippen molar-refractivity contribution in [2.45, 2.75) is 19.7 Å². The van der Waals surface area contributed by atoms with Gasteiger partial charge in [-0.15, -0.1) is 13.2 Å². The van der Waals surface area contributed by atoms with Crippen molar-refractivity contribution in [3.63, 3.8) is 0 Å². The molecule has 1 aliphatic rings. The van der Waals surface area contributed by atoms with Gasteiger partial charge in [0.05, 0.1) is 7.11 Å². The Morgan fingerprint density at radius 2 is 1.75 bits per heavy atom. The summed E-state index contributed by atoms with van der Waals surface area (Å²) in [7, 11) is 1.58. The molecule has 0 N–H and O–H groups in total. The Kier molecular flexibility index (Phi) is 4.06. The van der Waals surface area contributed by atoms with Gasteiger partial charge in [-0.05, 0) is 43.0 Å². The summed E-state index contributed by atoms with van der Waals surface area (Å²) < 4.78 is 45.5. The van der Waals surface area contributed by atoms with E-state index in [1.54, 1.807) is 19.2 Å².